The van der Waals surface area contributed by atoms with Crippen LogP contribution in [0.3, 0.4) is 0 Å². The molecule has 0 unspecified atom stereocenters. The third-order valence-electron chi connectivity index (χ3n) is 5.72. The third kappa shape index (κ3) is 4.29. The topological polar surface area (TPSA) is 121 Å². The summed E-state index contributed by atoms with van der Waals surface area (Å²) >= 11 is 0. The molecule has 2 N–H and O–H groups in total. The van der Waals surface area contributed by atoms with Crippen molar-refractivity contribution in [1.82, 2.24) is 25.5 Å². The molecule has 1 fully saturated rings. The van der Waals surface area contributed by atoms with E-state index in [0.29, 0.717) is 11.2 Å². The predicted molar refractivity (Wildman–Crippen MR) is 123 cm³/mol. The van der Waals surface area contributed by atoms with E-state index in [1.165, 1.54) is 12.4 Å². The van der Waals surface area contributed by atoms with Crippen molar-refractivity contribution in [3.63, 3.8) is 0 Å². The van der Waals surface area contributed by atoms with E-state index in [2.05, 4.69) is 30.4 Å². The highest BCUT2D eigenvalue weighted by molar-refractivity contribution is 7.91. The zero-order valence-electron chi connectivity index (χ0n) is 17.7. The largest absolute Gasteiger partial charge is 0.370 e. The van der Waals surface area contributed by atoms with Crippen LogP contribution in [-0.2, 0) is 16.4 Å². The normalized spacial score (nSPS) is 14.0. The molecule has 5 rings (SSSR count). The third-order valence-corrected chi connectivity index (χ3v) is 7.46. The van der Waals surface area contributed by atoms with Crippen LogP contribution >= 0.6 is 0 Å². The van der Waals surface area contributed by atoms with Crippen LogP contribution in [0, 0.1) is 0 Å². The summed E-state index contributed by atoms with van der Waals surface area (Å²) in [6.07, 6.45) is 8.38. The Morgan fingerprint density at radius 3 is 2.58 bits per heavy atom. The summed E-state index contributed by atoms with van der Waals surface area (Å²) < 4.78 is 26.2. The first-order valence-electron chi connectivity index (χ1n) is 10.6. The number of sulfone groups is 1. The quantitative estimate of drug-likeness (QED) is 0.452. The number of nitrogens with zero attached hydrogens (tertiary/aromatic N) is 4. The van der Waals surface area contributed by atoms with Gasteiger partial charge in [0, 0.05) is 37.4 Å². The fourth-order valence-electron chi connectivity index (χ4n) is 3.87. The van der Waals surface area contributed by atoms with E-state index in [-0.39, 0.29) is 22.2 Å². The first kappa shape index (κ1) is 21.1. The van der Waals surface area contributed by atoms with Gasteiger partial charge in [0.1, 0.15) is 0 Å². The van der Waals surface area contributed by atoms with Crippen LogP contribution in [0.15, 0.2) is 71.0 Å². The van der Waals surface area contributed by atoms with Gasteiger partial charge in [-0.15, -0.1) is 0 Å². The summed E-state index contributed by atoms with van der Waals surface area (Å²) in [5, 5.41) is 10.2. The second-order valence-corrected chi connectivity index (χ2v) is 9.88. The molecule has 0 radical (unpaired) electrons. The van der Waals surface area contributed by atoms with Crippen LogP contribution in [0.25, 0.3) is 11.0 Å². The minimum Gasteiger partial charge on any atom is -0.370 e. The first-order chi connectivity index (χ1) is 16.0. The number of H-pyrrole nitrogens is 1. The molecule has 0 spiro atoms. The summed E-state index contributed by atoms with van der Waals surface area (Å²) in [7, 11) is -3.69. The summed E-state index contributed by atoms with van der Waals surface area (Å²) in [5.41, 5.74) is 2.65. The number of carbonyl (C=O) groups excluding carboxylic acids is 1. The van der Waals surface area contributed by atoms with Gasteiger partial charge >= 0.3 is 0 Å². The lowest BCUT2D eigenvalue weighted by Crippen LogP contribution is -2.22. The molecule has 168 valence electrons. The standard InChI is InChI=1S/C23H22N6O3S/c30-23(18-9-17-13-27-28-22(17)25-12-18)26-11-16-3-5-20(6-4-16)33(31,32)21-10-19(14-24-15-21)29-7-1-2-8-29/h3-6,9-10,12-15H,1-2,7-8,11H2,(H,26,30)(H,25,27,28). The van der Waals surface area contributed by atoms with E-state index in [4.69, 9.17) is 0 Å². The number of nitrogens with one attached hydrogen (secondary N) is 2. The van der Waals surface area contributed by atoms with Crippen molar-refractivity contribution in [2.45, 2.75) is 29.2 Å². The summed E-state index contributed by atoms with van der Waals surface area (Å²) in [6, 6.07) is 9.90. The van der Waals surface area contributed by atoms with Gasteiger partial charge in [0.2, 0.25) is 9.84 Å². The molecule has 4 aromatic rings. The van der Waals surface area contributed by atoms with Crippen molar-refractivity contribution in [1.29, 1.82) is 0 Å². The molecule has 0 aliphatic carbocycles. The molecule has 1 aliphatic heterocycles. The lowest BCUT2D eigenvalue weighted by atomic mass is 10.2. The Balaban J connectivity index is 1.27. The van der Waals surface area contributed by atoms with E-state index >= 15 is 0 Å². The van der Waals surface area contributed by atoms with Crippen molar-refractivity contribution in [2.24, 2.45) is 0 Å². The molecule has 33 heavy (non-hydrogen) atoms. The fraction of sp³-hybridized carbons (Fsp3) is 0.217. The van der Waals surface area contributed by atoms with Crippen LogP contribution < -0.4 is 10.2 Å². The zero-order chi connectivity index (χ0) is 22.8. The number of anilines is 1. The maximum atomic E-state index is 13.1. The molecule has 10 heteroatoms. The minimum atomic E-state index is -3.69. The molecule has 4 heterocycles. The highest BCUT2D eigenvalue weighted by atomic mass is 32.2. The molecular formula is C23H22N6O3S. The molecule has 0 bridgehead atoms. The number of hydrogen-bond acceptors (Lipinski definition) is 7. The Kier molecular flexibility index (Phi) is 5.51. The average molecular weight is 463 g/mol. The van der Waals surface area contributed by atoms with Gasteiger partial charge in [-0.3, -0.25) is 14.9 Å². The Morgan fingerprint density at radius 2 is 1.79 bits per heavy atom. The minimum absolute atomic E-state index is 0.176. The molecule has 0 atom stereocenters. The first-order valence-corrected chi connectivity index (χ1v) is 12.1. The Morgan fingerprint density at radius 1 is 1.00 bits per heavy atom. The predicted octanol–water partition coefficient (Wildman–Crippen LogP) is 2.72. The van der Waals surface area contributed by atoms with Gasteiger partial charge < -0.3 is 10.2 Å². The van der Waals surface area contributed by atoms with Gasteiger partial charge in [-0.2, -0.15) is 5.10 Å². The number of pyridine rings is 2. The number of hydrogen-bond donors (Lipinski definition) is 2. The molecule has 9 nitrogen and oxygen atoms in total. The molecular weight excluding hydrogens is 440 g/mol. The summed E-state index contributed by atoms with van der Waals surface area (Å²) in [5.74, 6) is -0.271. The molecule has 1 amide bonds. The Labute approximate surface area is 190 Å². The monoisotopic (exact) mass is 462 g/mol. The average Bonchev–Trinajstić information content (AvgIpc) is 3.55. The van der Waals surface area contributed by atoms with Gasteiger partial charge in [0.25, 0.3) is 5.91 Å². The second-order valence-electron chi connectivity index (χ2n) is 7.93. The number of fused-ring (bicyclic) bond motifs is 1. The lowest BCUT2D eigenvalue weighted by Gasteiger charge is -2.17. The van der Waals surface area contributed by atoms with Gasteiger partial charge in [0.15, 0.2) is 5.65 Å². The summed E-state index contributed by atoms with van der Waals surface area (Å²) in [6.45, 7) is 2.09. The van der Waals surface area contributed by atoms with E-state index < -0.39 is 9.84 Å². The number of aromatic amines is 1. The SMILES string of the molecule is O=C(NCc1ccc(S(=O)(=O)c2cncc(N3CCCC3)c2)cc1)c1cnc2[nH]ncc2c1. The Bertz CT molecular complexity index is 1410. The van der Waals surface area contributed by atoms with Crippen LogP contribution in [0.2, 0.25) is 0 Å². The van der Waals surface area contributed by atoms with Crippen molar-refractivity contribution >= 4 is 32.5 Å². The zero-order valence-corrected chi connectivity index (χ0v) is 18.5. The number of carbonyl (C=O) groups is 1. The fourth-order valence-corrected chi connectivity index (χ4v) is 5.11. The molecule has 0 saturated carbocycles. The molecule has 3 aromatic heterocycles. The highest BCUT2D eigenvalue weighted by Gasteiger charge is 2.21. The van der Waals surface area contributed by atoms with E-state index in [1.807, 2.05) is 0 Å². The number of aromatic nitrogens is 4. The van der Waals surface area contributed by atoms with Gasteiger partial charge in [-0.05, 0) is 42.7 Å². The molecule has 1 aromatic carbocycles. The van der Waals surface area contributed by atoms with Crippen molar-refractivity contribution in [3.05, 3.63) is 72.3 Å². The van der Waals surface area contributed by atoms with Crippen molar-refractivity contribution in [3.8, 4) is 0 Å². The maximum Gasteiger partial charge on any atom is 0.253 e. The smallest absolute Gasteiger partial charge is 0.253 e. The molecule has 1 aliphatic rings. The summed E-state index contributed by atoms with van der Waals surface area (Å²) in [4.78, 5) is 23.3. The van der Waals surface area contributed by atoms with Gasteiger partial charge in [-0.1, -0.05) is 12.1 Å². The van der Waals surface area contributed by atoms with E-state index in [0.717, 1.165) is 42.6 Å². The highest BCUT2D eigenvalue weighted by Crippen LogP contribution is 2.26. The van der Waals surface area contributed by atoms with Crippen molar-refractivity contribution < 1.29 is 13.2 Å². The Hall–Kier alpha value is -3.79. The maximum absolute atomic E-state index is 13.1. The number of amides is 1. The second kappa shape index (κ2) is 8.62. The van der Waals surface area contributed by atoms with E-state index in [1.54, 1.807) is 48.8 Å². The van der Waals surface area contributed by atoms with Crippen LogP contribution in [0.4, 0.5) is 5.69 Å². The van der Waals surface area contributed by atoms with Crippen molar-refractivity contribution in [2.75, 3.05) is 18.0 Å². The van der Waals surface area contributed by atoms with Gasteiger partial charge in [-0.25, -0.2) is 13.4 Å². The van der Waals surface area contributed by atoms with Gasteiger partial charge in [0.05, 0.1) is 33.4 Å². The lowest BCUT2D eigenvalue weighted by molar-refractivity contribution is 0.0950. The number of benzene rings is 1. The van der Waals surface area contributed by atoms with Crippen LogP contribution in [-0.4, -0.2) is 47.6 Å². The number of rotatable bonds is 6. The van der Waals surface area contributed by atoms with E-state index in [9.17, 15) is 13.2 Å². The van der Waals surface area contributed by atoms with Crippen LogP contribution in [0.5, 0.6) is 0 Å². The van der Waals surface area contributed by atoms with Crippen LogP contribution in [0.1, 0.15) is 28.8 Å². The molecule has 1 saturated heterocycles.